The van der Waals surface area contributed by atoms with Gasteiger partial charge in [-0.25, -0.2) is 0 Å². The lowest BCUT2D eigenvalue weighted by molar-refractivity contribution is -0.00420. The van der Waals surface area contributed by atoms with Crippen LogP contribution in [-0.4, -0.2) is 49.9 Å². The Balaban J connectivity index is 2.24. The highest BCUT2D eigenvalue weighted by Gasteiger charge is 2.06. The lowest BCUT2D eigenvalue weighted by atomic mass is 10.1. The topological polar surface area (TPSA) is 68.2 Å². The first-order chi connectivity index (χ1) is 9.13. The van der Waals surface area contributed by atoms with E-state index in [-0.39, 0.29) is 13.2 Å². The molecular formula is C14H22O5. The summed E-state index contributed by atoms with van der Waals surface area (Å²) in [5.74, 6) is 0.653. The third kappa shape index (κ3) is 6.54. The van der Waals surface area contributed by atoms with E-state index in [0.717, 1.165) is 5.56 Å². The second-order valence-electron chi connectivity index (χ2n) is 4.28. The Hall–Kier alpha value is -1.14. The van der Waals surface area contributed by atoms with E-state index in [0.29, 0.717) is 19.0 Å². The van der Waals surface area contributed by atoms with Crippen molar-refractivity contribution in [1.29, 1.82) is 0 Å². The molecule has 0 aliphatic rings. The van der Waals surface area contributed by atoms with Crippen LogP contribution < -0.4 is 4.74 Å². The maximum Gasteiger partial charge on any atom is 0.119 e. The largest absolute Gasteiger partial charge is 0.491 e. The van der Waals surface area contributed by atoms with Gasteiger partial charge in [0.1, 0.15) is 18.5 Å². The average molecular weight is 270 g/mol. The Morgan fingerprint density at radius 2 is 1.74 bits per heavy atom. The van der Waals surface area contributed by atoms with E-state index in [1.54, 1.807) is 38.3 Å². The van der Waals surface area contributed by atoms with Crippen LogP contribution in [0.2, 0.25) is 0 Å². The molecule has 5 nitrogen and oxygen atoms in total. The van der Waals surface area contributed by atoms with E-state index in [4.69, 9.17) is 14.2 Å². The Morgan fingerprint density at radius 1 is 1.05 bits per heavy atom. The first-order valence-electron chi connectivity index (χ1n) is 6.29. The summed E-state index contributed by atoms with van der Waals surface area (Å²) >= 11 is 0. The zero-order valence-corrected chi connectivity index (χ0v) is 11.4. The van der Waals surface area contributed by atoms with E-state index >= 15 is 0 Å². The fourth-order valence-electron chi connectivity index (χ4n) is 1.44. The summed E-state index contributed by atoms with van der Waals surface area (Å²) in [4.78, 5) is 0. The number of ether oxygens (including phenoxy) is 3. The van der Waals surface area contributed by atoms with Gasteiger partial charge in [-0.15, -0.1) is 0 Å². The van der Waals surface area contributed by atoms with Crippen LogP contribution >= 0.6 is 0 Å². The third-order valence-electron chi connectivity index (χ3n) is 2.55. The molecule has 0 heterocycles. The first kappa shape index (κ1) is 15.9. The normalized spacial score (nSPS) is 14.1. The van der Waals surface area contributed by atoms with Crippen molar-refractivity contribution in [3.63, 3.8) is 0 Å². The number of aliphatic hydroxyl groups is 2. The maximum atomic E-state index is 9.62. The summed E-state index contributed by atoms with van der Waals surface area (Å²) in [7, 11) is 1.60. The quantitative estimate of drug-likeness (QED) is 0.659. The van der Waals surface area contributed by atoms with Gasteiger partial charge in [0.05, 0.1) is 25.9 Å². The minimum Gasteiger partial charge on any atom is -0.491 e. The van der Waals surface area contributed by atoms with Crippen molar-refractivity contribution in [2.45, 2.75) is 19.1 Å². The van der Waals surface area contributed by atoms with Gasteiger partial charge in [0.25, 0.3) is 0 Å². The molecule has 2 N–H and O–H groups in total. The van der Waals surface area contributed by atoms with Crippen molar-refractivity contribution in [3.05, 3.63) is 29.8 Å². The molecule has 2 atom stereocenters. The third-order valence-corrected chi connectivity index (χ3v) is 2.55. The first-order valence-corrected chi connectivity index (χ1v) is 6.29. The van der Waals surface area contributed by atoms with Gasteiger partial charge in [0, 0.05) is 7.11 Å². The Kier molecular flexibility index (Phi) is 7.43. The van der Waals surface area contributed by atoms with Crippen molar-refractivity contribution in [3.8, 4) is 5.75 Å². The van der Waals surface area contributed by atoms with Crippen molar-refractivity contribution in [2.75, 3.05) is 33.5 Å². The summed E-state index contributed by atoms with van der Waals surface area (Å²) in [6, 6.07) is 7.12. The molecule has 0 saturated heterocycles. The number of aliphatic hydroxyl groups excluding tert-OH is 2. The standard InChI is InChI=1S/C14H22O5/c1-11(15)12-3-5-14(6-4-12)19-10-13(16)9-18-8-7-17-2/h3-6,11,13,15-16H,7-10H2,1-2H3/t11-,13?/m0/s1. The van der Waals surface area contributed by atoms with Gasteiger partial charge in [0.2, 0.25) is 0 Å². The van der Waals surface area contributed by atoms with Crippen LogP contribution in [0.5, 0.6) is 5.75 Å². The highest BCUT2D eigenvalue weighted by molar-refractivity contribution is 5.28. The SMILES string of the molecule is COCCOCC(O)COc1ccc([C@H](C)O)cc1. The Labute approximate surface area is 113 Å². The van der Waals surface area contributed by atoms with Crippen LogP contribution in [0.3, 0.4) is 0 Å². The van der Waals surface area contributed by atoms with Crippen LogP contribution in [0, 0.1) is 0 Å². The second kappa shape index (κ2) is 8.87. The summed E-state index contributed by atoms with van der Waals surface area (Å²) in [5.41, 5.74) is 0.829. The molecule has 0 bridgehead atoms. The van der Waals surface area contributed by atoms with E-state index < -0.39 is 12.2 Å². The number of rotatable bonds is 9. The molecule has 0 radical (unpaired) electrons. The molecule has 0 aliphatic carbocycles. The van der Waals surface area contributed by atoms with Gasteiger partial charge in [-0.2, -0.15) is 0 Å². The number of hydrogen-bond acceptors (Lipinski definition) is 5. The van der Waals surface area contributed by atoms with Gasteiger partial charge >= 0.3 is 0 Å². The van der Waals surface area contributed by atoms with Crippen LogP contribution in [0.25, 0.3) is 0 Å². The predicted molar refractivity (Wildman–Crippen MR) is 71.3 cm³/mol. The molecule has 5 heteroatoms. The van der Waals surface area contributed by atoms with Gasteiger partial charge in [-0.3, -0.25) is 0 Å². The molecule has 1 rings (SSSR count). The number of benzene rings is 1. The molecule has 1 aromatic carbocycles. The number of methoxy groups -OCH3 is 1. The molecule has 0 spiro atoms. The minimum absolute atomic E-state index is 0.168. The fraction of sp³-hybridized carbons (Fsp3) is 0.571. The van der Waals surface area contributed by atoms with Gasteiger partial charge in [0.15, 0.2) is 0 Å². The number of hydrogen-bond donors (Lipinski definition) is 2. The lowest BCUT2D eigenvalue weighted by Gasteiger charge is -2.13. The van der Waals surface area contributed by atoms with Crippen LogP contribution in [0.15, 0.2) is 24.3 Å². The van der Waals surface area contributed by atoms with Crippen molar-refractivity contribution in [1.82, 2.24) is 0 Å². The highest BCUT2D eigenvalue weighted by Crippen LogP contribution is 2.17. The molecular weight excluding hydrogens is 248 g/mol. The van der Waals surface area contributed by atoms with E-state index in [9.17, 15) is 10.2 Å². The molecule has 0 amide bonds. The fourth-order valence-corrected chi connectivity index (χ4v) is 1.44. The van der Waals surface area contributed by atoms with Gasteiger partial charge in [-0.05, 0) is 24.6 Å². The Morgan fingerprint density at radius 3 is 2.32 bits per heavy atom. The molecule has 0 saturated carbocycles. The molecule has 0 aliphatic heterocycles. The minimum atomic E-state index is -0.673. The molecule has 1 unspecified atom stereocenters. The molecule has 108 valence electrons. The Bertz CT molecular complexity index is 336. The molecule has 0 aromatic heterocycles. The van der Waals surface area contributed by atoms with E-state index in [1.165, 1.54) is 0 Å². The van der Waals surface area contributed by atoms with E-state index in [2.05, 4.69) is 0 Å². The summed E-state index contributed by atoms with van der Waals surface area (Å²) in [6.07, 6.45) is -1.16. The van der Waals surface area contributed by atoms with Crippen molar-refractivity contribution < 1.29 is 24.4 Å². The maximum absolute atomic E-state index is 9.62. The average Bonchev–Trinajstić information content (AvgIpc) is 2.42. The second-order valence-corrected chi connectivity index (χ2v) is 4.28. The lowest BCUT2D eigenvalue weighted by Crippen LogP contribution is -2.24. The van der Waals surface area contributed by atoms with Crippen LogP contribution in [0.1, 0.15) is 18.6 Å². The van der Waals surface area contributed by atoms with Gasteiger partial charge in [-0.1, -0.05) is 12.1 Å². The smallest absolute Gasteiger partial charge is 0.119 e. The summed E-state index contributed by atoms with van der Waals surface area (Å²) in [6.45, 7) is 3.05. The predicted octanol–water partition coefficient (Wildman–Crippen LogP) is 1.14. The highest BCUT2D eigenvalue weighted by atomic mass is 16.5. The van der Waals surface area contributed by atoms with Crippen molar-refractivity contribution >= 4 is 0 Å². The van der Waals surface area contributed by atoms with E-state index in [1.807, 2.05) is 0 Å². The molecule has 1 aromatic rings. The van der Waals surface area contributed by atoms with Crippen LogP contribution in [0.4, 0.5) is 0 Å². The molecule has 0 fully saturated rings. The summed E-state index contributed by atoms with van der Waals surface area (Å²) in [5, 5.41) is 19.0. The zero-order chi connectivity index (χ0) is 14.1. The van der Waals surface area contributed by atoms with Gasteiger partial charge < -0.3 is 24.4 Å². The molecule has 19 heavy (non-hydrogen) atoms. The van der Waals surface area contributed by atoms with Crippen LogP contribution in [-0.2, 0) is 9.47 Å². The van der Waals surface area contributed by atoms with Crippen molar-refractivity contribution in [2.24, 2.45) is 0 Å². The zero-order valence-electron chi connectivity index (χ0n) is 11.4. The monoisotopic (exact) mass is 270 g/mol. The summed E-state index contributed by atoms with van der Waals surface area (Å²) < 4.78 is 15.4.